The summed E-state index contributed by atoms with van der Waals surface area (Å²) in [5.41, 5.74) is 1.07. The SMILES string of the molecule is CCOC(=O)C1CNCCN1Cc1sc(C)nc1C. The van der Waals surface area contributed by atoms with Crippen LogP contribution in [0, 0.1) is 13.8 Å². The van der Waals surface area contributed by atoms with E-state index in [1.54, 1.807) is 11.3 Å². The molecule has 1 fully saturated rings. The van der Waals surface area contributed by atoms with Gasteiger partial charge in [0.1, 0.15) is 6.04 Å². The van der Waals surface area contributed by atoms with Crippen molar-refractivity contribution in [2.75, 3.05) is 26.2 Å². The first-order valence-electron chi connectivity index (χ1n) is 6.66. The lowest BCUT2D eigenvalue weighted by Crippen LogP contribution is -2.54. The first-order valence-corrected chi connectivity index (χ1v) is 7.47. The van der Waals surface area contributed by atoms with Crippen molar-refractivity contribution in [2.24, 2.45) is 0 Å². The van der Waals surface area contributed by atoms with E-state index >= 15 is 0 Å². The standard InChI is InChI=1S/C13H21N3O2S/c1-4-18-13(17)11-7-14-5-6-16(11)8-12-9(2)15-10(3)19-12/h11,14H,4-8H2,1-3H3. The largest absolute Gasteiger partial charge is 0.465 e. The number of nitrogens with zero attached hydrogens (tertiary/aromatic N) is 2. The molecule has 1 N–H and O–H groups in total. The molecule has 1 aliphatic rings. The van der Waals surface area contributed by atoms with Gasteiger partial charge in [-0.25, -0.2) is 4.98 Å². The number of esters is 1. The molecule has 19 heavy (non-hydrogen) atoms. The number of rotatable bonds is 4. The Labute approximate surface area is 118 Å². The van der Waals surface area contributed by atoms with Crippen molar-refractivity contribution >= 4 is 17.3 Å². The van der Waals surface area contributed by atoms with Gasteiger partial charge >= 0.3 is 5.97 Å². The zero-order valence-electron chi connectivity index (χ0n) is 11.7. The summed E-state index contributed by atoms with van der Waals surface area (Å²) in [6.45, 7) is 9.53. The van der Waals surface area contributed by atoms with E-state index in [-0.39, 0.29) is 12.0 Å². The molecule has 1 atom stereocenters. The van der Waals surface area contributed by atoms with Crippen molar-refractivity contribution in [3.63, 3.8) is 0 Å². The molecule has 0 bridgehead atoms. The molecule has 0 saturated carbocycles. The fraction of sp³-hybridized carbons (Fsp3) is 0.692. The van der Waals surface area contributed by atoms with Gasteiger partial charge in [0.15, 0.2) is 0 Å². The molecule has 6 heteroatoms. The van der Waals surface area contributed by atoms with Gasteiger partial charge in [-0.15, -0.1) is 11.3 Å². The highest BCUT2D eigenvalue weighted by Gasteiger charge is 2.30. The second kappa shape index (κ2) is 6.45. The lowest BCUT2D eigenvalue weighted by atomic mass is 10.2. The highest BCUT2D eigenvalue weighted by molar-refractivity contribution is 7.11. The van der Waals surface area contributed by atoms with Crippen molar-refractivity contribution in [1.82, 2.24) is 15.2 Å². The third-order valence-electron chi connectivity index (χ3n) is 3.26. The van der Waals surface area contributed by atoms with Gasteiger partial charge in [0, 0.05) is 31.1 Å². The molecule has 106 valence electrons. The van der Waals surface area contributed by atoms with Crippen LogP contribution in [0.3, 0.4) is 0 Å². The van der Waals surface area contributed by atoms with E-state index in [1.807, 2.05) is 20.8 Å². The summed E-state index contributed by atoms with van der Waals surface area (Å²) in [7, 11) is 0. The van der Waals surface area contributed by atoms with Crippen molar-refractivity contribution < 1.29 is 9.53 Å². The molecule has 0 spiro atoms. The Morgan fingerprint density at radius 2 is 2.37 bits per heavy atom. The minimum absolute atomic E-state index is 0.131. The van der Waals surface area contributed by atoms with E-state index in [0.29, 0.717) is 13.2 Å². The van der Waals surface area contributed by atoms with E-state index in [2.05, 4.69) is 15.2 Å². The minimum atomic E-state index is -0.185. The molecule has 0 radical (unpaired) electrons. The molecule has 2 rings (SSSR count). The van der Waals surface area contributed by atoms with E-state index in [9.17, 15) is 4.79 Å². The van der Waals surface area contributed by atoms with E-state index in [0.717, 1.165) is 30.3 Å². The van der Waals surface area contributed by atoms with E-state index in [1.165, 1.54) is 4.88 Å². The average Bonchev–Trinajstić information content (AvgIpc) is 2.69. The monoisotopic (exact) mass is 283 g/mol. The van der Waals surface area contributed by atoms with Crippen molar-refractivity contribution in [1.29, 1.82) is 0 Å². The summed E-state index contributed by atoms with van der Waals surface area (Å²) in [5, 5.41) is 4.33. The smallest absolute Gasteiger partial charge is 0.324 e. The lowest BCUT2D eigenvalue weighted by Gasteiger charge is -2.34. The van der Waals surface area contributed by atoms with Gasteiger partial charge in [-0.1, -0.05) is 0 Å². The maximum atomic E-state index is 12.0. The molecule has 5 nitrogen and oxygen atoms in total. The molecule has 1 aromatic rings. The third-order valence-corrected chi connectivity index (χ3v) is 4.32. The molecule has 1 unspecified atom stereocenters. The number of hydrogen-bond acceptors (Lipinski definition) is 6. The molecule has 2 heterocycles. The minimum Gasteiger partial charge on any atom is -0.465 e. The molecular formula is C13H21N3O2S. The van der Waals surface area contributed by atoms with Gasteiger partial charge < -0.3 is 10.1 Å². The number of thiazole rings is 1. The van der Waals surface area contributed by atoms with Crippen LogP contribution in [-0.4, -0.2) is 48.1 Å². The summed E-state index contributed by atoms with van der Waals surface area (Å²) < 4.78 is 5.15. The molecule has 0 aliphatic carbocycles. The summed E-state index contributed by atoms with van der Waals surface area (Å²) in [6.07, 6.45) is 0. The maximum absolute atomic E-state index is 12.0. The van der Waals surface area contributed by atoms with Crippen LogP contribution in [0.25, 0.3) is 0 Å². The van der Waals surface area contributed by atoms with E-state index in [4.69, 9.17) is 4.74 Å². The molecule has 1 aliphatic heterocycles. The van der Waals surface area contributed by atoms with Gasteiger partial charge in [-0.2, -0.15) is 0 Å². The number of carbonyl (C=O) groups is 1. The second-order valence-electron chi connectivity index (χ2n) is 4.68. The number of piperazine rings is 1. The Kier molecular flexibility index (Phi) is 4.90. The van der Waals surface area contributed by atoms with E-state index < -0.39 is 0 Å². The van der Waals surface area contributed by atoms with Crippen LogP contribution < -0.4 is 5.32 Å². The van der Waals surface area contributed by atoms with Crippen LogP contribution >= 0.6 is 11.3 Å². The normalized spacial score (nSPS) is 20.5. The first kappa shape index (κ1) is 14.4. The number of aromatic nitrogens is 1. The number of carbonyl (C=O) groups excluding carboxylic acids is 1. The Bertz CT molecular complexity index is 447. The Morgan fingerprint density at radius 3 is 3.00 bits per heavy atom. The first-order chi connectivity index (χ1) is 9.11. The predicted octanol–water partition coefficient (Wildman–Crippen LogP) is 1.10. The van der Waals surface area contributed by atoms with Gasteiger partial charge in [0.2, 0.25) is 0 Å². The van der Waals surface area contributed by atoms with Crippen molar-refractivity contribution in [3.8, 4) is 0 Å². The van der Waals surface area contributed by atoms with Crippen LogP contribution in [0.2, 0.25) is 0 Å². The fourth-order valence-electron chi connectivity index (χ4n) is 2.31. The van der Waals surface area contributed by atoms with Crippen molar-refractivity contribution in [2.45, 2.75) is 33.4 Å². The highest BCUT2D eigenvalue weighted by Crippen LogP contribution is 2.21. The van der Waals surface area contributed by atoms with Gasteiger partial charge in [0.25, 0.3) is 0 Å². The third kappa shape index (κ3) is 3.52. The summed E-state index contributed by atoms with van der Waals surface area (Å²) in [5.74, 6) is -0.131. The maximum Gasteiger partial charge on any atom is 0.324 e. The van der Waals surface area contributed by atoms with Gasteiger partial charge in [-0.3, -0.25) is 9.69 Å². The van der Waals surface area contributed by atoms with Crippen LogP contribution in [0.15, 0.2) is 0 Å². The topological polar surface area (TPSA) is 54.5 Å². The fourth-order valence-corrected chi connectivity index (χ4v) is 3.27. The molecule has 1 saturated heterocycles. The zero-order chi connectivity index (χ0) is 13.8. The highest BCUT2D eigenvalue weighted by atomic mass is 32.1. The second-order valence-corrected chi connectivity index (χ2v) is 5.97. The average molecular weight is 283 g/mol. The summed E-state index contributed by atoms with van der Waals surface area (Å²) >= 11 is 1.71. The number of nitrogens with one attached hydrogen (secondary N) is 1. The van der Waals surface area contributed by atoms with Gasteiger partial charge in [-0.05, 0) is 20.8 Å². The molecular weight excluding hydrogens is 262 g/mol. The van der Waals surface area contributed by atoms with Crippen molar-refractivity contribution in [3.05, 3.63) is 15.6 Å². The Balaban J connectivity index is 2.07. The van der Waals surface area contributed by atoms with Crippen LogP contribution in [0.1, 0.15) is 22.5 Å². The Hall–Kier alpha value is -0.980. The Morgan fingerprint density at radius 1 is 1.58 bits per heavy atom. The van der Waals surface area contributed by atoms with Gasteiger partial charge in [0.05, 0.1) is 17.3 Å². The lowest BCUT2D eigenvalue weighted by molar-refractivity contribution is -0.150. The number of hydrogen-bond donors (Lipinski definition) is 1. The molecule has 0 aromatic carbocycles. The quantitative estimate of drug-likeness (QED) is 0.839. The summed E-state index contributed by atoms with van der Waals surface area (Å²) in [6, 6.07) is -0.185. The zero-order valence-corrected chi connectivity index (χ0v) is 12.5. The number of aryl methyl sites for hydroxylation is 2. The number of ether oxygens (including phenoxy) is 1. The molecule has 0 amide bonds. The van der Waals surface area contributed by atoms with Crippen LogP contribution in [-0.2, 0) is 16.1 Å². The molecule has 1 aromatic heterocycles. The predicted molar refractivity (Wildman–Crippen MR) is 75.3 cm³/mol. The van der Waals surface area contributed by atoms with Crippen LogP contribution in [0.5, 0.6) is 0 Å². The van der Waals surface area contributed by atoms with Crippen LogP contribution in [0.4, 0.5) is 0 Å². The summed E-state index contributed by atoms with van der Waals surface area (Å²) in [4.78, 5) is 19.8.